The largest absolute Gasteiger partial charge is 0.504 e. The molecule has 1 aliphatic rings. The Balaban J connectivity index is 0.00000162. The van der Waals surface area contributed by atoms with Crippen molar-refractivity contribution in [2.45, 2.75) is 6.04 Å². The van der Waals surface area contributed by atoms with Gasteiger partial charge in [0.2, 0.25) is 0 Å². The fourth-order valence-corrected chi connectivity index (χ4v) is 2.19. The van der Waals surface area contributed by atoms with Crippen molar-refractivity contribution < 1.29 is 14.6 Å². The van der Waals surface area contributed by atoms with Crippen LogP contribution in [0.1, 0.15) is 11.6 Å². The molecule has 0 aliphatic carbocycles. The molecule has 0 unspecified atom stereocenters. The number of phenols is 2. The number of halogens is 2. The molecule has 0 radical (unpaired) electrons. The van der Waals surface area contributed by atoms with Crippen LogP contribution in [0.25, 0.3) is 0 Å². The number of hydrogen-bond donors (Lipinski definition) is 3. The zero-order valence-electron chi connectivity index (χ0n) is 9.97. The van der Waals surface area contributed by atoms with Gasteiger partial charge in [-0.05, 0) is 6.07 Å². The van der Waals surface area contributed by atoms with Crippen molar-refractivity contribution >= 4 is 12.4 Å². The molecule has 1 saturated heterocycles. The fraction of sp³-hybridized carbons (Fsp3) is 0.500. The number of alkyl halides is 1. The minimum Gasteiger partial charge on any atom is -0.504 e. The van der Waals surface area contributed by atoms with Crippen molar-refractivity contribution in [3.05, 3.63) is 23.8 Å². The monoisotopic (exact) mass is 276 g/mol. The third kappa shape index (κ3) is 3.04. The third-order valence-electron chi connectivity index (χ3n) is 3.14. The van der Waals surface area contributed by atoms with Crippen LogP contribution in [0, 0.1) is 0 Å². The first-order valence-electron chi connectivity index (χ1n) is 5.75. The lowest BCUT2D eigenvalue weighted by atomic mass is 10.0. The summed E-state index contributed by atoms with van der Waals surface area (Å²) in [4.78, 5) is 1.98. The van der Waals surface area contributed by atoms with Gasteiger partial charge < -0.3 is 15.5 Å². The average Bonchev–Trinajstić information content (AvgIpc) is 2.37. The van der Waals surface area contributed by atoms with Crippen LogP contribution in [0.3, 0.4) is 0 Å². The number of nitrogens with zero attached hydrogens (tertiary/aromatic N) is 1. The summed E-state index contributed by atoms with van der Waals surface area (Å²) in [5.74, 6) is -0.412. The topological polar surface area (TPSA) is 55.7 Å². The zero-order valence-corrected chi connectivity index (χ0v) is 10.8. The first kappa shape index (κ1) is 15.0. The Bertz CT molecular complexity index is 386. The van der Waals surface area contributed by atoms with E-state index in [1.807, 2.05) is 4.90 Å². The van der Waals surface area contributed by atoms with Gasteiger partial charge in [-0.2, -0.15) is 0 Å². The maximum Gasteiger partial charge on any atom is 0.162 e. The molecule has 0 saturated carbocycles. The van der Waals surface area contributed by atoms with E-state index < -0.39 is 12.7 Å². The maximum absolute atomic E-state index is 13.2. The molecule has 102 valence electrons. The molecule has 1 atom stereocenters. The highest BCUT2D eigenvalue weighted by Gasteiger charge is 2.25. The van der Waals surface area contributed by atoms with Crippen LogP contribution in [0.5, 0.6) is 11.5 Å². The number of phenolic OH excluding ortho intramolecular Hbond substituents is 2. The Kier molecular flexibility index (Phi) is 5.65. The minimum absolute atomic E-state index is 0. The number of hydrogen-bond acceptors (Lipinski definition) is 4. The predicted octanol–water partition coefficient (Wildman–Crippen LogP) is 1.44. The van der Waals surface area contributed by atoms with E-state index in [0.29, 0.717) is 5.56 Å². The highest BCUT2D eigenvalue weighted by molar-refractivity contribution is 5.85. The first-order chi connectivity index (χ1) is 8.24. The van der Waals surface area contributed by atoms with Gasteiger partial charge in [0, 0.05) is 31.7 Å². The average molecular weight is 277 g/mol. The second-order valence-corrected chi connectivity index (χ2v) is 4.17. The fourth-order valence-electron chi connectivity index (χ4n) is 2.19. The summed E-state index contributed by atoms with van der Waals surface area (Å²) in [6.07, 6.45) is 0. The van der Waals surface area contributed by atoms with Crippen LogP contribution in [-0.2, 0) is 0 Å². The lowest BCUT2D eigenvalue weighted by Gasteiger charge is -2.33. The summed E-state index contributed by atoms with van der Waals surface area (Å²) in [6, 6.07) is 4.19. The van der Waals surface area contributed by atoms with Crippen molar-refractivity contribution in [2.24, 2.45) is 0 Å². The Labute approximate surface area is 112 Å². The van der Waals surface area contributed by atoms with Gasteiger partial charge in [0.05, 0.1) is 6.04 Å². The number of benzene rings is 1. The highest BCUT2D eigenvalue weighted by Crippen LogP contribution is 2.35. The van der Waals surface area contributed by atoms with Gasteiger partial charge in [-0.3, -0.25) is 4.90 Å². The molecule has 1 fully saturated rings. The normalized spacial score (nSPS) is 18.1. The van der Waals surface area contributed by atoms with E-state index in [2.05, 4.69) is 5.32 Å². The lowest BCUT2D eigenvalue weighted by molar-refractivity contribution is 0.145. The van der Waals surface area contributed by atoms with Crippen molar-refractivity contribution in [1.82, 2.24) is 10.2 Å². The standard InChI is InChI=1S/C12H17FN2O2.ClH/c13-8-10(15-6-4-14-5-7-15)9-2-1-3-11(16)12(9)17;/h1-3,10,14,16-17H,4-8H2;1H/t10-;/m1./s1. The van der Waals surface area contributed by atoms with Gasteiger partial charge in [0.1, 0.15) is 6.67 Å². The van der Waals surface area contributed by atoms with Crippen LogP contribution in [0.4, 0.5) is 4.39 Å². The summed E-state index contributed by atoms with van der Waals surface area (Å²) >= 11 is 0. The molecule has 4 nitrogen and oxygen atoms in total. The molecule has 0 spiro atoms. The van der Waals surface area contributed by atoms with E-state index >= 15 is 0 Å². The van der Waals surface area contributed by atoms with E-state index in [-0.39, 0.29) is 23.9 Å². The number of aromatic hydroxyl groups is 2. The van der Waals surface area contributed by atoms with Gasteiger partial charge >= 0.3 is 0 Å². The molecule has 0 bridgehead atoms. The summed E-state index contributed by atoms with van der Waals surface area (Å²) in [6.45, 7) is 2.54. The summed E-state index contributed by atoms with van der Waals surface area (Å²) in [5.41, 5.74) is 0.453. The smallest absolute Gasteiger partial charge is 0.162 e. The molecule has 0 aromatic heterocycles. The van der Waals surface area contributed by atoms with Crippen molar-refractivity contribution in [2.75, 3.05) is 32.9 Å². The minimum atomic E-state index is -0.572. The molecule has 0 amide bonds. The van der Waals surface area contributed by atoms with E-state index in [4.69, 9.17) is 0 Å². The predicted molar refractivity (Wildman–Crippen MR) is 70.2 cm³/mol. The van der Waals surface area contributed by atoms with Crippen LogP contribution in [0.15, 0.2) is 18.2 Å². The molecule has 2 rings (SSSR count). The Morgan fingerprint density at radius 1 is 1.28 bits per heavy atom. The second kappa shape index (κ2) is 6.78. The summed E-state index contributed by atoms with van der Waals surface area (Å²) < 4.78 is 13.2. The molecule has 6 heteroatoms. The van der Waals surface area contributed by atoms with Crippen LogP contribution in [-0.4, -0.2) is 48.0 Å². The van der Waals surface area contributed by atoms with Gasteiger partial charge in [-0.15, -0.1) is 12.4 Å². The summed E-state index contributed by atoms with van der Waals surface area (Å²) in [7, 11) is 0. The number of para-hydroxylation sites is 1. The molecular weight excluding hydrogens is 259 g/mol. The molecule has 3 N–H and O–H groups in total. The third-order valence-corrected chi connectivity index (χ3v) is 3.14. The molecule has 1 aromatic carbocycles. The summed E-state index contributed by atoms with van der Waals surface area (Å²) in [5, 5.41) is 22.4. The van der Waals surface area contributed by atoms with Crippen molar-refractivity contribution in [1.29, 1.82) is 0 Å². The maximum atomic E-state index is 13.2. The Morgan fingerprint density at radius 3 is 2.56 bits per heavy atom. The quantitative estimate of drug-likeness (QED) is 0.731. The molecule has 18 heavy (non-hydrogen) atoms. The first-order valence-corrected chi connectivity index (χ1v) is 5.75. The van der Waals surface area contributed by atoms with Crippen molar-refractivity contribution in [3.8, 4) is 11.5 Å². The highest BCUT2D eigenvalue weighted by atomic mass is 35.5. The lowest BCUT2D eigenvalue weighted by Crippen LogP contribution is -2.45. The zero-order chi connectivity index (χ0) is 12.3. The van der Waals surface area contributed by atoms with Crippen LogP contribution < -0.4 is 5.32 Å². The van der Waals surface area contributed by atoms with E-state index in [9.17, 15) is 14.6 Å². The molecular formula is C12H18ClFN2O2. The Morgan fingerprint density at radius 2 is 1.94 bits per heavy atom. The number of rotatable bonds is 3. The van der Waals surface area contributed by atoms with Gasteiger partial charge in [-0.25, -0.2) is 4.39 Å². The van der Waals surface area contributed by atoms with Crippen molar-refractivity contribution in [3.63, 3.8) is 0 Å². The van der Waals surface area contributed by atoms with Crippen LogP contribution in [0.2, 0.25) is 0 Å². The SMILES string of the molecule is Cl.Oc1cccc([C@@H](CF)N2CCNCC2)c1O. The van der Waals surface area contributed by atoms with Gasteiger partial charge in [0.15, 0.2) is 11.5 Å². The molecule has 1 heterocycles. The van der Waals surface area contributed by atoms with Gasteiger partial charge in [0.25, 0.3) is 0 Å². The van der Waals surface area contributed by atoms with Crippen LogP contribution >= 0.6 is 12.4 Å². The number of piperazine rings is 1. The molecule has 1 aromatic rings. The Hall–Kier alpha value is -1.04. The van der Waals surface area contributed by atoms with E-state index in [1.54, 1.807) is 12.1 Å². The van der Waals surface area contributed by atoms with Gasteiger partial charge in [-0.1, -0.05) is 12.1 Å². The van der Waals surface area contributed by atoms with E-state index in [1.165, 1.54) is 6.07 Å². The number of nitrogens with one attached hydrogen (secondary N) is 1. The molecule has 1 aliphatic heterocycles. The second-order valence-electron chi connectivity index (χ2n) is 4.17. The van der Waals surface area contributed by atoms with E-state index in [0.717, 1.165) is 26.2 Å².